The molecule has 210 valence electrons. The Morgan fingerprint density at radius 2 is 1.75 bits per heavy atom. The van der Waals surface area contributed by atoms with Gasteiger partial charge in [0, 0.05) is 23.2 Å². The number of rotatable bonds is 13. The van der Waals surface area contributed by atoms with E-state index in [1.807, 2.05) is 54.6 Å². The van der Waals surface area contributed by atoms with Crippen LogP contribution in [0.2, 0.25) is 0 Å². The van der Waals surface area contributed by atoms with Gasteiger partial charge in [-0.25, -0.2) is 0 Å². The Morgan fingerprint density at radius 3 is 2.52 bits per heavy atom. The van der Waals surface area contributed by atoms with Gasteiger partial charge in [-0.3, -0.25) is 14.6 Å². The molecule has 2 aromatic carbocycles. The van der Waals surface area contributed by atoms with E-state index in [1.165, 1.54) is 5.56 Å². The number of nitrogens with one attached hydrogen (secondary N) is 1. The number of pyridine rings is 1. The number of hydrogen-bond acceptors (Lipinski definition) is 4. The van der Waals surface area contributed by atoms with E-state index < -0.39 is 11.4 Å². The number of carboxylic acids is 1. The van der Waals surface area contributed by atoms with Gasteiger partial charge in [0.1, 0.15) is 0 Å². The van der Waals surface area contributed by atoms with Crippen molar-refractivity contribution in [1.29, 1.82) is 0 Å². The molecule has 2 N–H and O–H groups in total. The third-order valence-electron chi connectivity index (χ3n) is 7.38. The van der Waals surface area contributed by atoms with Crippen LogP contribution in [0.15, 0.2) is 71.2 Å². The summed E-state index contributed by atoms with van der Waals surface area (Å²) >= 11 is 3.47. The van der Waals surface area contributed by atoms with Gasteiger partial charge in [0.15, 0.2) is 0 Å². The highest BCUT2D eigenvalue weighted by Crippen LogP contribution is 2.39. The first-order chi connectivity index (χ1) is 19.4. The van der Waals surface area contributed by atoms with Crippen LogP contribution in [-0.2, 0) is 27.4 Å². The molecule has 0 radical (unpaired) electrons. The van der Waals surface area contributed by atoms with Crippen molar-refractivity contribution in [2.75, 3.05) is 11.9 Å². The van der Waals surface area contributed by atoms with Gasteiger partial charge in [0.2, 0.25) is 5.91 Å². The zero-order valence-corrected chi connectivity index (χ0v) is 24.4. The normalized spacial score (nSPS) is 14.7. The molecule has 1 amide bonds. The summed E-state index contributed by atoms with van der Waals surface area (Å²) in [6, 6.07) is 21.8. The van der Waals surface area contributed by atoms with Crippen molar-refractivity contribution in [3.05, 3.63) is 93.7 Å². The van der Waals surface area contributed by atoms with Crippen molar-refractivity contribution in [2.45, 2.75) is 64.4 Å². The minimum atomic E-state index is -0.944. The zero-order valence-electron chi connectivity index (χ0n) is 22.8. The quantitative estimate of drug-likeness (QED) is 0.193. The number of hydrogen-bond donors (Lipinski definition) is 2. The van der Waals surface area contributed by atoms with Crippen molar-refractivity contribution >= 4 is 45.6 Å². The molecule has 1 aliphatic carbocycles. The van der Waals surface area contributed by atoms with E-state index in [4.69, 9.17) is 4.74 Å². The molecule has 0 aliphatic heterocycles. The maximum atomic E-state index is 12.7. The first kappa shape index (κ1) is 29.7. The minimum Gasteiger partial charge on any atom is -0.481 e. The molecule has 1 fully saturated rings. The zero-order chi connectivity index (χ0) is 28.2. The number of nitrogens with zero attached hydrogens (tertiary/aromatic N) is 1. The van der Waals surface area contributed by atoms with Gasteiger partial charge in [-0.05, 0) is 85.7 Å². The fourth-order valence-electron chi connectivity index (χ4n) is 5.14. The topological polar surface area (TPSA) is 88.5 Å². The molecule has 3 aromatic rings. The summed E-state index contributed by atoms with van der Waals surface area (Å²) < 4.78 is 6.95. The second-order valence-electron chi connectivity index (χ2n) is 10.5. The third kappa shape index (κ3) is 9.14. The van der Waals surface area contributed by atoms with Crippen LogP contribution >= 0.6 is 15.9 Å². The summed E-state index contributed by atoms with van der Waals surface area (Å²) in [5.41, 5.74) is 3.66. The molecule has 1 heterocycles. The number of unbranched alkanes of at least 4 members (excludes halogenated alkanes) is 1. The van der Waals surface area contributed by atoms with Crippen LogP contribution in [0.1, 0.15) is 73.9 Å². The maximum absolute atomic E-state index is 12.7. The van der Waals surface area contributed by atoms with Crippen molar-refractivity contribution in [2.24, 2.45) is 5.41 Å². The minimum absolute atomic E-state index is 0.00632. The summed E-state index contributed by atoms with van der Waals surface area (Å²) in [5.74, 6) is -1.12. The second-order valence-corrected chi connectivity index (χ2v) is 11.4. The smallest absolute Gasteiger partial charge is 0.310 e. The standard InChI is InChI=1S/C33H37BrN2O4/c34-27-16-13-25(14-17-27)8-2-5-21-40-24-30-12-7-10-28(35-30)18-15-26-9-6-11-29(22-26)36-31(37)23-33(32(38)39)19-3-1-4-20-33/h6-7,9-18,22H,1-5,8,19-21,23-24H2,(H,36,37)(H,38,39). The predicted molar refractivity (Wildman–Crippen MR) is 163 cm³/mol. The van der Waals surface area contributed by atoms with E-state index in [-0.39, 0.29) is 12.3 Å². The van der Waals surface area contributed by atoms with E-state index in [0.29, 0.717) is 31.7 Å². The van der Waals surface area contributed by atoms with Crippen molar-refractivity contribution in [3.63, 3.8) is 0 Å². The van der Waals surface area contributed by atoms with Gasteiger partial charge in [-0.2, -0.15) is 0 Å². The van der Waals surface area contributed by atoms with Crippen molar-refractivity contribution in [1.82, 2.24) is 4.98 Å². The number of anilines is 1. The molecular weight excluding hydrogens is 568 g/mol. The van der Waals surface area contributed by atoms with Crippen LogP contribution in [0.25, 0.3) is 12.2 Å². The van der Waals surface area contributed by atoms with E-state index >= 15 is 0 Å². The Morgan fingerprint density at radius 1 is 0.975 bits per heavy atom. The Balaban J connectivity index is 1.24. The Hall–Kier alpha value is -3.29. The Bertz CT molecular complexity index is 1300. The highest BCUT2D eigenvalue weighted by molar-refractivity contribution is 9.10. The van der Waals surface area contributed by atoms with E-state index in [9.17, 15) is 14.7 Å². The third-order valence-corrected chi connectivity index (χ3v) is 7.90. The Labute approximate surface area is 245 Å². The van der Waals surface area contributed by atoms with E-state index in [2.05, 4.69) is 50.5 Å². The molecule has 7 heteroatoms. The molecule has 40 heavy (non-hydrogen) atoms. The average molecular weight is 606 g/mol. The van der Waals surface area contributed by atoms with Gasteiger partial charge < -0.3 is 15.2 Å². The molecule has 0 spiro atoms. The lowest BCUT2D eigenvalue weighted by Gasteiger charge is -2.32. The number of ether oxygens (including phenoxy) is 1. The second kappa shape index (κ2) is 14.9. The summed E-state index contributed by atoms with van der Waals surface area (Å²) in [7, 11) is 0. The van der Waals surface area contributed by atoms with Crippen LogP contribution in [0.5, 0.6) is 0 Å². The van der Waals surface area contributed by atoms with Crippen LogP contribution in [0.4, 0.5) is 5.69 Å². The number of aliphatic carboxylic acids is 1. The summed E-state index contributed by atoms with van der Waals surface area (Å²) in [4.78, 5) is 29.3. The molecule has 0 bridgehead atoms. The molecule has 4 rings (SSSR count). The molecule has 1 aromatic heterocycles. The molecular formula is C33H37BrN2O4. The van der Waals surface area contributed by atoms with Crippen molar-refractivity contribution < 1.29 is 19.4 Å². The molecule has 0 atom stereocenters. The average Bonchev–Trinajstić information content (AvgIpc) is 2.95. The largest absolute Gasteiger partial charge is 0.481 e. The van der Waals surface area contributed by atoms with Crippen molar-refractivity contribution in [3.8, 4) is 0 Å². The van der Waals surface area contributed by atoms with Crippen LogP contribution < -0.4 is 5.32 Å². The number of benzene rings is 2. The molecule has 0 unspecified atom stereocenters. The molecule has 0 saturated heterocycles. The first-order valence-electron chi connectivity index (χ1n) is 14.0. The molecule has 6 nitrogen and oxygen atoms in total. The van der Waals surface area contributed by atoms with E-state index in [1.54, 1.807) is 0 Å². The lowest BCUT2D eigenvalue weighted by Crippen LogP contribution is -2.37. The molecule has 1 saturated carbocycles. The summed E-state index contributed by atoms with van der Waals surface area (Å²) in [5, 5.41) is 12.7. The lowest BCUT2D eigenvalue weighted by molar-refractivity contribution is -0.153. The van der Waals surface area contributed by atoms with Gasteiger partial charge in [0.05, 0.1) is 23.4 Å². The van der Waals surface area contributed by atoms with Crippen LogP contribution in [-0.4, -0.2) is 28.6 Å². The number of carbonyl (C=O) groups excluding carboxylic acids is 1. The highest BCUT2D eigenvalue weighted by Gasteiger charge is 2.41. The fraction of sp³-hybridized carbons (Fsp3) is 0.364. The SMILES string of the molecule is O=C(CC1(C(=O)O)CCCCC1)Nc1cccc(C=Cc2cccc(COCCCCc3ccc(Br)cc3)n2)c1. The number of halogens is 1. The first-order valence-corrected chi connectivity index (χ1v) is 14.8. The number of carbonyl (C=O) groups is 2. The number of aryl methyl sites for hydroxylation is 1. The van der Waals surface area contributed by atoms with Crippen LogP contribution in [0, 0.1) is 5.41 Å². The summed E-state index contributed by atoms with van der Waals surface area (Å²) in [6.07, 6.45) is 10.9. The number of carboxylic acid groups (broad SMARTS) is 1. The summed E-state index contributed by atoms with van der Waals surface area (Å²) in [6.45, 7) is 1.17. The fourth-order valence-corrected chi connectivity index (χ4v) is 5.41. The van der Waals surface area contributed by atoms with Gasteiger partial charge in [-0.1, -0.05) is 71.6 Å². The maximum Gasteiger partial charge on any atom is 0.310 e. The predicted octanol–water partition coefficient (Wildman–Crippen LogP) is 7.92. The van der Waals surface area contributed by atoms with Gasteiger partial charge in [0.25, 0.3) is 0 Å². The number of amides is 1. The molecule has 1 aliphatic rings. The van der Waals surface area contributed by atoms with Crippen LogP contribution in [0.3, 0.4) is 0 Å². The van der Waals surface area contributed by atoms with E-state index in [0.717, 1.165) is 59.9 Å². The highest BCUT2D eigenvalue weighted by atomic mass is 79.9. The lowest BCUT2D eigenvalue weighted by atomic mass is 9.71. The monoisotopic (exact) mass is 604 g/mol. The number of aromatic nitrogens is 1. The van der Waals surface area contributed by atoms with Gasteiger partial charge >= 0.3 is 5.97 Å². The Kier molecular flexibility index (Phi) is 11.1. The van der Waals surface area contributed by atoms with Gasteiger partial charge in [-0.15, -0.1) is 0 Å².